The first-order valence-electron chi connectivity index (χ1n) is 4.03. The number of pyridine rings is 1. The summed E-state index contributed by atoms with van der Waals surface area (Å²) in [7, 11) is 1.34. The van der Waals surface area contributed by atoms with Gasteiger partial charge in [-0.3, -0.25) is 4.40 Å². The van der Waals surface area contributed by atoms with E-state index in [1.807, 2.05) is 0 Å². The van der Waals surface area contributed by atoms with E-state index in [2.05, 4.69) is 9.72 Å². The fourth-order valence-electron chi connectivity index (χ4n) is 1.24. The van der Waals surface area contributed by atoms with Gasteiger partial charge in [0.25, 0.3) is 0 Å². The lowest BCUT2D eigenvalue weighted by atomic mass is 10.3. The molecule has 0 spiro atoms. The minimum atomic E-state index is -0.389. The molecule has 14 heavy (non-hydrogen) atoms. The molecule has 2 heterocycles. The lowest BCUT2D eigenvalue weighted by Crippen LogP contribution is -2.03. The summed E-state index contributed by atoms with van der Waals surface area (Å²) in [6.45, 7) is 0. The van der Waals surface area contributed by atoms with Crippen LogP contribution in [0.4, 0.5) is 5.82 Å². The number of carbonyl (C=O) groups is 1. The van der Waals surface area contributed by atoms with Gasteiger partial charge in [0, 0.05) is 6.20 Å². The van der Waals surface area contributed by atoms with Crippen LogP contribution in [0.5, 0.6) is 0 Å². The first-order valence-corrected chi connectivity index (χ1v) is 4.03. The smallest absolute Gasteiger partial charge is 0.339 e. The van der Waals surface area contributed by atoms with Crippen molar-refractivity contribution in [3.8, 4) is 0 Å². The second-order valence-corrected chi connectivity index (χ2v) is 2.82. The van der Waals surface area contributed by atoms with Gasteiger partial charge < -0.3 is 10.5 Å². The zero-order chi connectivity index (χ0) is 10.1. The van der Waals surface area contributed by atoms with Crippen LogP contribution >= 0.6 is 0 Å². The van der Waals surface area contributed by atoms with Gasteiger partial charge in [0.05, 0.1) is 18.9 Å². The summed E-state index contributed by atoms with van der Waals surface area (Å²) < 4.78 is 6.22. The fraction of sp³-hybridized carbons (Fsp3) is 0.111. The second-order valence-electron chi connectivity index (χ2n) is 2.82. The van der Waals surface area contributed by atoms with E-state index in [-0.39, 0.29) is 5.97 Å². The predicted molar refractivity (Wildman–Crippen MR) is 50.9 cm³/mol. The van der Waals surface area contributed by atoms with Gasteiger partial charge in [-0.25, -0.2) is 9.78 Å². The molecule has 0 aliphatic rings. The number of imidazole rings is 1. The van der Waals surface area contributed by atoms with E-state index < -0.39 is 0 Å². The maximum absolute atomic E-state index is 11.2. The van der Waals surface area contributed by atoms with Crippen LogP contribution in [-0.4, -0.2) is 22.5 Å². The van der Waals surface area contributed by atoms with E-state index >= 15 is 0 Å². The molecule has 5 nitrogen and oxygen atoms in total. The highest BCUT2D eigenvalue weighted by Gasteiger charge is 2.07. The Balaban J connectivity index is 2.60. The van der Waals surface area contributed by atoms with Gasteiger partial charge in [-0.2, -0.15) is 0 Å². The van der Waals surface area contributed by atoms with Crippen molar-refractivity contribution in [2.75, 3.05) is 12.8 Å². The minimum absolute atomic E-state index is 0.389. The third-order valence-corrected chi connectivity index (χ3v) is 1.96. The summed E-state index contributed by atoms with van der Waals surface area (Å²) in [6, 6.07) is 3.36. The number of nitrogen functional groups attached to an aromatic ring is 1. The quantitative estimate of drug-likeness (QED) is 0.674. The van der Waals surface area contributed by atoms with E-state index in [1.165, 1.54) is 13.3 Å². The lowest BCUT2D eigenvalue weighted by Gasteiger charge is -2.00. The number of ether oxygens (including phenoxy) is 1. The molecule has 2 aromatic rings. The SMILES string of the molecule is COC(=O)c1ccc2ncc(N)n2c1. The second kappa shape index (κ2) is 3.02. The summed E-state index contributed by atoms with van der Waals surface area (Å²) in [5, 5.41) is 0. The number of rotatable bonds is 1. The van der Waals surface area contributed by atoms with Crippen LogP contribution in [0, 0.1) is 0 Å². The average molecular weight is 191 g/mol. The Bertz CT molecular complexity index is 490. The van der Waals surface area contributed by atoms with Crippen LogP contribution < -0.4 is 5.73 Å². The molecule has 72 valence electrons. The fourth-order valence-corrected chi connectivity index (χ4v) is 1.24. The molecule has 0 aromatic carbocycles. The first-order chi connectivity index (χ1) is 6.72. The third kappa shape index (κ3) is 1.19. The van der Waals surface area contributed by atoms with Crippen LogP contribution in [0.3, 0.4) is 0 Å². The highest BCUT2D eigenvalue weighted by molar-refractivity contribution is 5.89. The zero-order valence-electron chi connectivity index (χ0n) is 7.60. The molecule has 0 saturated heterocycles. The molecule has 5 heteroatoms. The summed E-state index contributed by atoms with van der Waals surface area (Å²) in [5.74, 6) is 0.103. The lowest BCUT2D eigenvalue weighted by molar-refractivity contribution is 0.0600. The molecular weight excluding hydrogens is 182 g/mol. The number of hydrogen-bond donors (Lipinski definition) is 1. The molecule has 0 saturated carbocycles. The van der Waals surface area contributed by atoms with Gasteiger partial charge in [-0.05, 0) is 12.1 Å². The van der Waals surface area contributed by atoms with E-state index in [0.29, 0.717) is 17.0 Å². The molecule has 0 bridgehead atoms. The molecule has 2 N–H and O–H groups in total. The van der Waals surface area contributed by atoms with Crippen molar-refractivity contribution in [1.29, 1.82) is 0 Å². The van der Waals surface area contributed by atoms with Gasteiger partial charge in [0.1, 0.15) is 11.5 Å². The summed E-state index contributed by atoms with van der Waals surface area (Å²) in [6.07, 6.45) is 3.14. The number of methoxy groups -OCH3 is 1. The number of anilines is 1. The molecule has 0 fully saturated rings. The number of fused-ring (bicyclic) bond motifs is 1. The predicted octanol–water partition coefficient (Wildman–Crippen LogP) is 0.703. The van der Waals surface area contributed by atoms with Gasteiger partial charge in [-0.15, -0.1) is 0 Å². The topological polar surface area (TPSA) is 69.6 Å². The number of nitrogens with two attached hydrogens (primary N) is 1. The molecule has 0 aliphatic carbocycles. The van der Waals surface area contributed by atoms with Crippen molar-refractivity contribution in [2.24, 2.45) is 0 Å². The molecule has 2 rings (SSSR count). The number of hydrogen-bond acceptors (Lipinski definition) is 4. The standard InChI is InChI=1S/C9H9N3O2/c1-14-9(13)6-2-3-8-11-4-7(10)12(8)5-6/h2-5H,10H2,1H3. The van der Waals surface area contributed by atoms with Crippen LogP contribution in [0.2, 0.25) is 0 Å². The molecule has 0 unspecified atom stereocenters. The van der Waals surface area contributed by atoms with Crippen LogP contribution in [0.1, 0.15) is 10.4 Å². The van der Waals surface area contributed by atoms with Crippen LogP contribution in [0.15, 0.2) is 24.5 Å². The molecule has 0 radical (unpaired) electrons. The average Bonchev–Trinajstić information content (AvgIpc) is 2.59. The number of nitrogens with zero attached hydrogens (tertiary/aromatic N) is 2. The maximum atomic E-state index is 11.2. The van der Waals surface area contributed by atoms with Gasteiger partial charge in [-0.1, -0.05) is 0 Å². The Morgan fingerprint density at radius 2 is 2.36 bits per heavy atom. The van der Waals surface area contributed by atoms with Crippen molar-refractivity contribution >= 4 is 17.4 Å². The van der Waals surface area contributed by atoms with Crippen molar-refractivity contribution in [2.45, 2.75) is 0 Å². The number of aromatic nitrogens is 2. The highest BCUT2D eigenvalue weighted by Crippen LogP contribution is 2.10. The van der Waals surface area contributed by atoms with Crippen LogP contribution in [-0.2, 0) is 4.74 Å². The van der Waals surface area contributed by atoms with Crippen molar-refractivity contribution in [3.63, 3.8) is 0 Å². The number of carbonyl (C=O) groups excluding carboxylic acids is 1. The minimum Gasteiger partial charge on any atom is -0.465 e. The van der Waals surface area contributed by atoms with Crippen molar-refractivity contribution < 1.29 is 9.53 Å². The molecular formula is C9H9N3O2. The van der Waals surface area contributed by atoms with Crippen LogP contribution in [0.25, 0.3) is 5.65 Å². The maximum Gasteiger partial charge on any atom is 0.339 e. The summed E-state index contributed by atoms with van der Waals surface area (Å²) in [5.41, 5.74) is 6.79. The highest BCUT2D eigenvalue weighted by atomic mass is 16.5. The molecule has 0 amide bonds. The van der Waals surface area contributed by atoms with Gasteiger partial charge in [0.15, 0.2) is 0 Å². The Labute approximate surface area is 80.1 Å². The van der Waals surface area contributed by atoms with Crippen molar-refractivity contribution in [3.05, 3.63) is 30.1 Å². The van der Waals surface area contributed by atoms with Gasteiger partial charge >= 0.3 is 5.97 Å². The molecule has 2 aromatic heterocycles. The Hall–Kier alpha value is -2.04. The van der Waals surface area contributed by atoms with Gasteiger partial charge in [0.2, 0.25) is 0 Å². The number of esters is 1. The Morgan fingerprint density at radius 1 is 1.57 bits per heavy atom. The largest absolute Gasteiger partial charge is 0.465 e. The monoisotopic (exact) mass is 191 g/mol. The van der Waals surface area contributed by atoms with E-state index in [0.717, 1.165) is 0 Å². The third-order valence-electron chi connectivity index (χ3n) is 1.96. The first kappa shape index (κ1) is 8.55. The molecule has 0 atom stereocenters. The van der Waals surface area contributed by atoms with E-state index in [4.69, 9.17) is 5.73 Å². The van der Waals surface area contributed by atoms with E-state index in [9.17, 15) is 4.79 Å². The van der Waals surface area contributed by atoms with E-state index in [1.54, 1.807) is 22.7 Å². The zero-order valence-corrected chi connectivity index (χ0v) is 7.60. The summed E-state index contributed by atoms with van der Waals surface area (Å²) in [4.78, 5) is 15.2. The normalized spacial score (nSPS) is 10.4. The summed E-state index contributed by atoms with van der Waals surface area (Å²) >= 11 is 0. The van der Waals surface area contributed by atoms with Crippen molar-refractivity contribution in [1.82, 2.24) is 9.38 Å². The Kier molecular flexibility index (Phi) is 1.85. The molecule has 0 aliphatic heterocycles. The Morgan fingerprint density at radius 3 is 3.07 bits per heavy atom.